The molecule has 0 aromatic heterocycles. The number of para-hydroxylation sites is 1. The van der Waals surface area contributed by atoms with Gasteiger partial charge in [0.1, 0.15) is 5.75 Å². The summed E-state index contributed by atoms with van der Waals surface area (Å²) >= 11 is 0. The lowest BCUT2D eigenvalue weighted by Crippen LogP contribution is -2.31. The number of ether oxygens (including phenoxy) is 1. The number of aliphatic hydroxyl groups is 2. The first-order chi connectivity index (χ1) is 15.4. The second-order valence-corrected chi connectivity index (χ2v) is 7.87. The van der Waals surface area contributed by atoms with E-state index in [4.69, 9.17) is 9.99 Å². The van der Waals surface area contributed by atoms with Crippen LogP contribution in [0.3, 0.4) is 0 Å². The Kier molecular flexibility index (Phi) is 6.53. The minimum atomic E-state index is -0.993. The maximum absolute atomic E-state index is 12.9. The second kappa shape index (κ2) is 9.50. The quantitative estimate of drug-likeness (QED) is 0.263. The number of carbonyl (C=O) groups is 1. The molecule has 7 nitrogen and oxygen atoms in total. The molecule has 0 aliphatic carbocycles. The van der Waals surface area contributed by atoms with E-state index in [1.165, 1.54) is 0 Å². The highest BCUT2D eigenvalue weighted by atomic mass is 17.1. The van der Waals surface area contributed by atoms with E-state index in [1.54, 1.807) is 42.5 Å². The first-order valence-electron chi connectivity index (χ1n) is 10.3. The molecule has 1 saturated heterocycles. The van der Waals surface area contributed by atoms with Crippen molar-refractivity contribution in [2.45, 2.75) is 37.8 Å². The van der Waals surface area contributed by atoms with E-state index in [0.717, 1.165) is 11.1 Å². The lowest BCUT2D eigenvalue weighted by atomic mass is 9.89. The summed E-state index contributed by atoms with van der Waals surface area (Å²) in [6.07, 6.45) is -1.06. The van der Waals surface area contributed by atoms with E-state index in [2.05, 4.69) is 4.89 Å². The zero-order valence-electron chi connectivity index (χ0n) is 17.2. The van der Waals surface area contributed by atoms with Crippen LogP contribution in [0.1, 0.15) is 40.2 Å². The van der Waals surface area contributed by atoms with Crippen molar-refractivity contribution in [3.8, 4) is 22.6 Å². The van der Waals surface area contributed by atoms with Crippen molar-refractivity contribution >= 4 is 5.78 Å². The van der Waals surface area contributed by atoms with Crippen LogP contribution in [-0.4, -0.2) is 38.9 Å². The number of aromatic hydroxyl groups is 1. The molecular formula is C25H24O7. The molecule has 3 aromatic rings. The summed E-state index contributed by atoms with van der Waals surface area (Å²) in [6, 6.07) is 18.9. The predicted molar refractivity (Wildman–Crippen MR) is 116 cm³/mol. The lowest BCUT2D eigenvalue weighted by Gasteiger charge is -2.30. The highest BCUT2D eigenvalue weighted by Gasteiger charge is 2.28. The van der Waals surface area contributed by atoms with Crippen LogP contribution < -0.4 is 4.89 Å². The van der Waals surface area contributed by atoms with Gasteiger partial charge in [-0.05, 0) is 40.8 Å². The number of phenols is 1. The Morgan fingerprint density at radius 1 is 0.938 bits per heavy atom. The molecular weight excluding hydrogens is 412 g/mol. The Hall–Kier alpha value is -3.23. The first-order valence-corrected chi connectivity index (χ1v) is 10.3. The van der Waals surface area contributed by atoms with Crippen LogP contribution in [0.25, 0.3) is 11.1 Å². The van der Waals surface area contributed by atoms with Gasteiger partial charge in [0.25, 0.3) is 0 Å². The topological polar surface area (TPSA) is 116 Å². The second-order valence-electron chi connectivity index (χ2n) is 7.87. The standard InChI is InChI=1S/C25H24O7/c26-22(12-15-4-6-16(7-5-15)18-13-23(27)31-24(28)14-18)21-3-1-2-20(25(21)29)17-8-10-19(32-30)11-9-17/h1-11,18,23-24,27-30H,12-14H2. The van der Waals surface area contributed by atoms with Crippen molar-refractivity contribution in [1.82, 2.24) is 0 Å². The average molecular weight is 436 g/mol. The molecule has 1 fully saturated rings. The molecule has 2 atom stereocenters. The van der Waals surface area contributed by atoms with Gasteiger partial charge in [-0.3, -0.25) is 4.79 Å². The maximum atomic E-state index is 12.9. The fourth-order valence-corrected chi connectivity index (χ4v) is 4.03. The first kappa shape index (κ1) is 22.0. The molecule has 32 heavy (non-hydrogen) atoms. The van der Waals surface area contributed by atoms with Gasteiger partial charge in [0, 0.05) is 24.8 Å². The third-order valence-electron chi connectivity index (χ3n) is 5.71. The van der Waals surface area contributed by atoms with E-state index in [9.17, 15) is 20.1 Å². The van der Waals surface area contributed by atoms with E-state index in [-0.39, 0.29) is 35.2 Å². The van der Waals surface area contributed by atoms with Crippen molar-refractivity contribution < 1.29 is 35.0 Å². The van der Waals surface area contributed by atoms with Gasteiger partial charge >= 0.3 is 0 Å². The van der Waals surface area contributed by atoms with Crippen molar-refractivity contribution in [2.24, 2.45) is 0 Å². The maximum Gasteiger partial charge on any atom is 0.170 e. The number of hydrogen-bond donors (Lipinski definition) is 4. The molecule has 1 heterocycles. The van der Waals surface area contributed by atoms with Gasteiger partial charge in [0.05, 0.1) is 5.56 Å². The van der Waals surface area contributed by atoms with Crippen LogP contribution >= 0.6 is 0 Å². The van der Waals surface area contributed by atoms with Gasteiger partial charge in [0.2, 0.25) is 0 Å². The van der Waals surface area contributed by atoms with Gasteiger partial charge < -0.3 is 24.9 Å². The van der Waals surface area contributed by atoms with Gasteiger partial charge in [0.15, 0.2) is 24.1 Å². The lowest BCUT2D eigenvalue weighted by molar-refractivity contribution is -0.236. The fraction of sp³-hybridized carbons (Fsp3) is 0.240. The third-order valence-corrected chi connectivity index (χ3v) is 5.71. The highest BCUT2D eigenvalue weighted by Crippen LogP contribution is 2.34. The normalized spacial score (nSPS) is 20.7. The van der Waals surface area contributed by atoms with Gasteiger partial charge in [-0.25, -0.2) is 5.26 Å². The molecule has 1 aliphatic heterocycles. The zero-order valence-corrected chi connectivity index (χ0v) is 17.2. The monoisotopic (exact) mass is 436 g/mol. The number of rotatable bonds is 6. The molecule has 0 radical (unpaired) electrons. The molecule has 4 rings (SSSR count). The number of phenolic OH excluding ortho intramolecular Hbond substituents is 1. The van der Waals surface area contributed by atoms with Crippen LogP contribution in [0, 0.1) is 0 Å². The van der Waals surface area contributed by atoms with Crippen LogP contribution in [0.15, 0.2) is 66.7 Å². The Labute approximate surface area is 185 Å². The molecule has 0 bridgehead atoms. The van der Waals surface area contributed by atoms with Gasteiger partial charge in [-0.2, -0.15) is 0 Å². The van der Waals surface area contributed by atoms with Crippen LogP contribution in [0.2, 0.25) is 0 Å². The van der Waals surface area contributed by atoms with Crippen LogP contribution in [0.5, 0.6) is 11.5 Å². The molecule has 0 saturated carbocycles. The summed E-state index contributed by atoms with van der Waals surface area (Å²) in [6.45, 7) is 0. The Bertz CT molecular complexity index is 1070. The number of Topliss-reactive ketones (excluding diaryl/α,β-unsaturated/α-hetero) is 1. The van der Waals surface area contributed by atoms with E-state index in [0.29, 0.717) is 24.0 Å². The van der Waals surface area contributed by atoms with Crippen molar-refractivity contribution in [1.29, 1.82) is 0 Å². The van der Waals surface area contributed by atoms with E-state index < -0.39 is 12.6 Å². The number of hydrogen-bond acceptors (Lipinski definition) is 7. The van der Waals surface area contributed by atoms with Gasteiger partial charge in [-0.15, -0.1) is 0 Å². The zero-order chi connectivity index (χ0) is 22.7. The highest BCUT2D eigenvalue weighted by molar-refractivity contribution is 6.01. The van der Waals surface area contributed by atoms with Crippen LogP contribution in [0.4, 0.5) is 0 Å². The number of aliphatic hydroxyl groups excluding tert-OH is 2. The van der Waals surface area contributed by atoms with Crippen molar-refractivity contribution in [2.75, 3.05) is 0 Å². The summed E-state index contributed by atoms with van der Waals surface area (Å²) in [5, 5.41) is 38.8. The molecule has 1 aliphatic rings. The fourth-order valence-electron chi connectivity index (χ4n) is 4.03. The molecule has 7 heteroatoms. The molecule has 4 N–H and O–H groups in total. The van der Waals surface area contributed by atoms with E-state index in [1.807, 2.05) is 24.3 Å². The Morgan fingerprint density at radius 2 is 1.59 bits per heavy atom. The minimum Gasteiger partial charge on any atom is -0.507 e. The van der Waals surface area contributed by atoms with Gasteiger partial charge in [-0.1, -0.05) is 48.5 Å². The summed E-state index contributed by atoms with van der Waals surface area (Å²) in [7, 11) is 0. The molecule has 2 unspecified atom stereocenters. The average Bonchev–Trinajstić information content (AvgIpc) is 2.79. The number of ketones is 1. The SMILES string of the molecule is O=C(Cc1ccc(C2CC(O)OC(O)C2)cc1)c1cccc(-c2ccc(OO)cc2)c1O. The Morgan fingerprint density at radius 3 is 2.22 bits per heavy atom. The summed E-state index contributed by atoms with van der Waals surface area (Å²) in [4.78, 5) is 17.1. The van der Waals surface area contributed by atoms with E-state index >= 15 is 0 Å². The summed E-state index contributed by atoms with van der Waals surface area (Å²) < 4.78 is 4.95. The van der Waals surface area contributed by atoms with Crippen molar-refractivity contribution in [3.63, 3.8) is 0 Å². The Balaban J connectivity index is 1.49. The minimum absolute atomic E-state index is 0.0261. The predicted octanol–water partition coefficient (Wildman–Crippen LogP) is 3.87. The van der Waals surface area contributed by atoms with Crippen LogP contribution in [-0.2, 0) is 11.2 Å². The molecule has 0 amide bonds. The third kappa shape index (κ3) is 4.81. The molecule has 166 valence electrons. The summed E-state index contributed by atoms with van der Waals surface area (Å²) in [5.41, 5.74) is 3.17. The smallest absolute Gasteiger partial charge is 0.170 e. The number of carbonyl (C=O) groups excluding carboxylic acids is 1. The molecule has 3 aromatic carbocycles. The largest absolute Gasteiger partial charge is 0.507 e. The summed E-state index contributed by atoms with van der Waals surface area (Å²) in [5.74, 6) is -0.0724. The number of benzene rings is 3. The van der Waals surface area contributed by atoms with Crippen molar-refractivity contribution in [3.05, 3.63) is 83.4 Å². The molecule has 0 spiro atoms.